The van der Waals surface area contributed by atoms with E-state index in [9.17, 15) is 0 Å². The minimum absolute atomic E-state index is 0.451. The largest absolute Gasteiger partial charge is 0.513 e. The van der Waals surface area contributed by atoms with Crippen molar-refractivity contribution >= 4 is 23.5 Å². The Balaban J connectivity index is 3.68. The molecule has 3 heteroatoms. The van der Waals surface area contributed by atoms with Crippen molar-refractivity contribution in [3.05, 3.63) is 0 Å². The molecule has 0 spiro atoms. The van der Waals surface area contributed by atoms with Crippen LogP contribution in [-0.2, 0) is 3.78 Å². The highest BCUT2D eigenvalue weighted by atomic mass is 28.3. The van der Waals surface area contributed by atoms with Gasteiger partial charge in [0.25, 0.3) is 0 Å². The van der Waals surface area contributed by atoms with E-state index in [0.29, 0.717) is 0 Å². The molecule has 0 aromatic rings. The lowest BCUT2D eigenvalue weighted by Gasteiger charge is -1.70. The van der Waals surface area contributed by atoms with Gasteiger partial charge in [-0.15, -0.1) is 0 Å². The summed E-state index contributed by atoms with van der Waals surface area (Å²) in [4.78, 5) is 0. The Bertz CT molecular complexity index is 102. The summed E-state index contributed by atoms with van der Waals surface area (Å²) < 4.78 is 5.34. The van der Waals surface area contributed by atoms with E-state index >= 15 is 0 Å². The van der Waals surface area contributed by atoms with E-state index in [4.69, 9.17) is 3.78 Å². The van der Waals surface area contributed by atoms with Gasteiger partial charge in [-0.1, -0.05) is 0 Å². The van der Waals surface area contributed by atoms with E-state index in [1.165, 1.54) is 0 Å². The normalized spacial score (nSPS) is 7.86. The van der Waals surface area contributed by atoms with Gasteiger partial charge in [-0.25, -0.2) is 0 Å². The van der Waals surface area contributed by atoms with Crippen LogP contribution in [0.2, 0.25) is 19.6 Å². The molecule has 0 atom stereocenters. The fourth-order valence-corrected chi connectivity index (χ4v) is 3.14. The van der Waals surface area contributed by atoms with Crippen molar-refractivity contribution < 1.29 is 3.78 Å². The van der Waals surface area contributed by atoms with Crippen LogP contribution in [0.5, 0.6) is 0 Å². The number of rotatable bonds is 1. The first-order chi connectivity index (χ1) is 3.13. The van der Waals surface area contributed by atoms with Gasteiger partial charge in [0.2, 0.25) is 0 Å². The summed E-state index contributed by atoms with van der Waals surface area (Å²) >= 11 is 0. The maximum absolute atomic E-state index is 5.34. The Hall–Kier alpha value is 0.104. The fraction of sp³-hybridized carbons (Fsp3) is 0.750. The predicted octanol–water partition coefficient (Wildman–Crippen LogP) is 0.839. The molecule has 0 saturated heterocycles. The van der Waals surface area contributed by atoms with E-state index in [2.05, 4.69) is 25.8 Å². The molecule has 0 N–H and O–H groups in total. The second-order valence-corrected chi connectivity index (χ2v) is 5.75. The molecule has 0 saturated carbocycles. The van der Waals surface area contributed by atoms with Crippen LogP contribution < -0.4 is 0 Å². The third kappa shape index (κ3) is 6.10. The average Bonchev–Trinajstić information content (AvgIpc) is 1.27. The van der Waals surface area contributed by atoms with E-state index < -0.39 is 17.3 Å². The second kappa shape index (κ2) is 3.15. The van der Waals surface area contributed by atoms with Crippen molar-refractivity contribution in [3.8, 4) is 0 Å². The predicted molar refractivity (Wildman–Crippen MR) is 36.9 cm³/mol. The Labute approximate surface area is 47.7 Å². The van der Waals surface area contributed by atoms with E-state index in [0.717, 1.165) is 0 Å². The molecule has 0 aromatic carbocycles. The topological polar surface area (TPSA) is 11.3 Å². The molecule has 0 bridgehead atoms. The summed E-state index contributed by atoms with van der Waals surface area (Å²) in [5.41, 5.74) is 0. The molecule has 0 radical (unpaired) electrons. The van der Waals surface area contributed by atoms with Gasteiger partial charge < -0.3 is 3.78 Å². The van der Waals surface area contributed by atoms with Crippen LogP contribution in [0.4, 0.5) is 0 Å². The SMILES string of the molecule is C=[Si](C)[O+]=[Si](C)C. The highest BCUT2D eigenvalue weighted by Gasteiger charge is 1.99. The highest BCUT2D eigenvalue weighted by Crippen LogP contribution is 1.64. The molecule has 0 aliphatic rings. The van der Waals surface area contributed by atoms with E-state index in [-0.39, 0.29) is 0 Å². The standard InChI is InChI=1S/C4H11OSi2/c1-6(2)5-7(3)4/h1H2,2-4H3/q+1. The van der Waals surface area contributed by atoms with Crippen molar-refractivity contribution in [2.75, 3.05) is 0 Å². The van der Waals surface area contributed by atoms with Crippen molar-refractivity contribution in [2.45, 2.75) is 19.6 Å². The maximum Gasteiger partial charge on any atom is 0.513 e. The third-order valence-electron chi connectivity index (χ3n) is 0.378. The van der Waals surface area contributed by atoms with Gasteiger partial charge in [-0.05, 0) is 6.17 Å². The van der Waals surface area contributed by atoms with Crippen molar-refractivity contribution in [2.24, 2.45) is 0 Å². The van der Waals surface area contributed by atoms with Crippen LogP contribution in [0.25, 0.3) is 0 Å². The Kier molecular flexibility index (Phi) is 3.20. The quantitative estimate of drug-likeness (QED) is 0.369. The molecule has 0 aromatic heterocycles. The molecular formula is C4H11OSi2+. The summed E-state index contributed by atoms with van der Waals surface area (Å²) in [7, 11) is -1.09. The van der Waals surface area contributed by atoms with Crippen molar-refractivity contribution in [3.63, 3.8) is 0 Å². The molecule has 0 aliphatic carbocycles. The van der Waals surface area contributed by atoms with Gasteiger partial charge >= 0.3 is 17.3 Å². The minimum atomic E-state index is -0.639. The molecule has 0 unspecified atom stereocenters. The van der Waals surface area contributed by atoms with Crippen molar-refractivity contribution in [1.82, 2.24) is 0 Å². The number of hydrogen-bond acceptors (Lipinski definition) is 0. The molecule has 0 aliphatic heterocycles. The van der Waals surface area contributed by atoms with E-state index in [1.807, 2.05) is 0 Å². The van der Waals surface area contributed by atoms with Crippen LogP contribution in [0.1, 0.15) is 0 Å². The zero-order valence-corrected chi connectivity index (χ0v) is 7.12. The lowest BCUT2D eigenvalue weighted by atomic mass is 11.9. The fourth-order valence-electron chi connectivity index (χ4n) is 0.348. The van der Waals surface area contributed by atoms with Gasteiger partial charge in [0, 0.05) is 19.6 Å². The lowest BCUT2D eigenvalue weighted by Crippen LogP contribution is -1.99. The number of hydrogen-bond donors (Lipinski definition) is 0. The summed E-state index contributed by atoms with van der Waals surface area (Å²) in [6.07, 6.45) is 3.78. The first-order valence-corrected chi connectivity index (χ1v) is 6.79. The van der Waals surface area contributed by atoms with Crippen LogP contribution in [0.3, 0.4) is 0 Å². The zero-order chi connectivity index (χ0) is 5.86. The molecule has 1 nitrogen and oxygen atoms in total. The third-order valence-corrected chi connectivity index (χ3v) is 3.41. The molecule has 40 valence electrons. The van der Waals surface area contributed by atoms with Crippen LogP contribution >= 0.6 is 0 Å². The Morgan fingerprint density at radius 2 is 1.71 bits per heavy atom. The monoisotopic (exact) mass is 131 g/mol. The molecule has 7 heavy (non-hydrogen) atoms. The van der Waals surface area contributed by atoms with Crippen molar-refractivity contribution in [1.29, 1.82) is 0 Å². The lowest BCUT2D eigenvalue weighted by molar-refractivity contribution is 0.370. The van der Waals surface area contributed by atoms with E-state index in [1.54, 1.807) is 0 Å². The summed E-state index contributed by atoms with van der Waals surface area (Å²) in [6, 6.07) is 0. The second-order valence-electron chi connectivity index (χ2n) is 1.71. The maximum atomic E-state index is 5.34. The Morgan fingerprint density at radius 1 is 1.29 bits per heavy atom. The first kappa shape index (κ1) is 7.10. The molecular weight excluding hydrogens is 120 g/mol. The van der Waals surface area contributed by atoms with Gasteiger partial charge in [-0.2, -0.15) is 0 Å². The van der Waals surface area contributed by atoms with Crippen LogP contribution in [-0.4, -0.2) is 23.5 Å². The molecule has 0 amide bonds. The smallest absolute Gasteiger partial charge is 0.468 e. The van der Waals surface area contributed by atoms with Gasteiger partial charge in [0.05, 0.1) is 0 Å². The van der Waals surface area contributed by atoms with Gasteiger partial charge in [0.15, 0.2) is 0 Å². The van der Waals surface area contributed by atoms with Gasteiger partial charge in [0.1, 0.15) is 0 Å². The molecule has 0 fully saturated rings. The van der Waals surface area contributed by atoms with Crippen LogP contribution in [0.15, 0.2) is 0 Å². The summed E-state index contributed by atoms with van der Waals surface area (Å²) in [5, 5.41) is 0. The van der Waals surface area contributed by atoms with Gasteiger partial charge in [-0.3, -0.25) is 0 Å². The van der Waals surface area contributed by atoms with Crippen LogP contribution in [0, 0.1) is 0 Å². The highest BCUT2D eigenvalue weighted by molar-refractivity contribution is 6.57. The average molecular weight is 131 g/mol. The zero-order valence-electron chi connectivity index (χ0n) is 5.12. The summed E-state index contributed by atoms with van der Waals surface area (Å²) in [6.45, 7) is 6.32. The Morgan fingerprint density at radius 3 is 1.71 bits per heavy atom. The molecule has 0 heterocycles. The summed E-state index contributed by atoms with van der Waals surface area (Å²) in [5.74, 6) is 0. The minimum Gasteiger partial charge on any atom is -0.468 e. The molecule has 0 rings (SSSR count). The first-order valence-electron chi connectivity index (χ1n) is 2.26.